The molecule has 1 saturated heterocycles. The molecule has 1 amide bonds. The molecule has 2 aromatic rings. The fourth-order valence-corrected chi connectivity index (χ4v) is 3.18. The van der Waals surface area contributed by atoms with Gasteiger partial charge in [0.05, 0.1) is 17.4 Å². The van der Waals surface area contributed by atoms with E-state index in [0.29, 0.717) is 19.0 Å². The lowest BCUT2D eigenvalue weighted by Crippen LogP contribution is -2.42. The minimum absolute atomic E-state index is 0. The summed E-state index contributed by atoms with van der Waals surface area (Å²) in [7, 11) is 1.88. The summed E-state index contributed by atoms with van der Waals surface area (Å²) in [6.45, 7) is 2.12. The number of amides is 1. The van der Waals surface area contributed by atoms with Gasteiger partial charge in [0.15, 0.2) is 5.69 Å². The highest BCUT2D eigenvalue weighted by atomic mass is 35.5. The summed E-state index contributed by atoms with van der Waals surface area (Å²) in [5, 5.41) is 10.8. The number of benzene rings is 1. The van der Waals surface area contributed by atoms with E-state index in [1.54, 1.807) is 4.90 Å². The fraction of sp³-hybridized carbons (Fsp3) is 0.471. The number of carbonyl (C=O) groups is 1. The molecule has 148 valence electrons. The lowest BCUT2D eigenvalue weighted by molar-refractivity contribution is -0.137. The highest BCUT2D eigenvalue weighted by Crippen LogP contribution is 2.30. The van der Waals surface area contributed by atoms with Crippen LogP contribution in [-0.4, -0.2) is 52.5 Å². The Labute approximate surface area is 161 Å². The topological polar surface area (TPSA) is 63.1 Å². The summed E-state index contributed by atoms with van der Waals surface area (Å²) in [4.78, 5) is 14.4. The van der Waals surface area contributed by atoms with Crippen LogP contribution in [0.2, 0.25) is 0 Å². The van der Waals surface area contributed by atoms with Crippen LogP contribution in [0.1, 0.15) is 28.9 Å². The molecule has 0 aliphatic carbocycles. The Morgan fingerprint density at radius 1 is 1.37 bits per heavy atom. The van der Waals surface area contributed by atoms with Gasteiger partial charge in [-0.2, -0.15) is 13.2 Å². The molecule has 0 spiro atoms. The highest BCUT2D eigenvalue weighted by Gasteiger charge is 2.31. The Morgan fingerprint density at radius 3 is 2.85 bits per heavy atom. The second-order valence-corrected chi connectivity index (χ2v) is 6.41. The highest BCUT2D eigenvalue weighted by molar-refractivity contribution is 5.92. The van der Waals surface area contributed by atoms with Gasteiger partial charge in [-0.15, -0.1) is 17.5 Å². The van der Waals surface area contributed by atoms with Crippen LogP contribution in [-0.2, 0) is 6.18 Å². The van der Waals surface area contributed by atoms with Crippen molar-refractivity contribution in [1.82, 2.24) is 25.2 Å². The third-order valence-corrected chi connectivity index (χ3v) is 4.45. The number of nitrogens with one attached hydrogen (secondary N) is 1. The van der Waals surface area contributed by atoms with E-state index in [4.69, 9.17) is 0 Å². The average Bonchev–Trinajstić information content (AvgIpc) is 3.11. The first-order valence-electron chi connectivity index (χ1n) is 8.42. The van der Waals surface area contributed by atoms with Gasteiger partial charge in [-0.25, -0.2) is 4.68 Å². The van der Waals surface area contributed by atoms with E-state index in [1.165, 1.54) is 23.0 Å². The second-order valence-electron chi connectivity index (χ2n) is 6.41. The fourth-order valence-electron chi connectivity index (χ4n) is 3.18. The molecule has 1 aromatic heterocycles. The van der Waals surface area contributed by atoms with Crippen LogP contribution < -0.4 is 5.32 Å². The second kappa shape index (κ2) is 8.71. The first kappa shape index (κ1) is 21.2. The van der Waals surface area contributed by atoms with E-state index in [0.717, 1.165) is 31.5 Å². The Kier molecular flexibility index (Phi) is 6.83. The number of piperidine rings is 1. The molecule has 1 aromatic carbocycles. The van der Waals surface area contributed by atoms with Gasteiger partial charge in [0.25, 0.3) is 5.91 Å². The number of aromatic nitrogens is 3. The van der Waals surface area contributed by atoms with Crippen molar-refractivity contribution in [1.29, 1.82) is 0 Å². The monoisotopic (exact) mass is 403 g/mol. The zero-order valence-electron chi connectivity index (χ0n) is 14.7. The van der Waals surface area contributed by atoms with E-state index in [1.807, 2.05) is 7.05 Å². The molecule has 1 unspecified atom stereocenters. The van der Waals surface area contributed by atoms with Crippen LogP contribution in [0.4, 0.5) is 13.2 Å². The molecule has 1 atom stereocenters. The number of hydrogen-bond acceptors (Lipinski definition) is 4. The number of alkyl halides is 3. The van der Waals surface area contributed by atoms with Crippen molar-refractivity contribution in [2.75, 3.05) is 26.7 Å². The number of likely N-dealkylation sites (tertiary alicyclic amines) is 1. The van der Waals surface area contributed by atoms with Crippen LogP contribution in [0.25, 0.3) is 5.69 Å². The number of rotatable bonds is 4. The molecular weight excluding hydrogens is 383 g/mol. The van der Waals surface area contributed by atoms with Crippen LogP contribution in [0.5, 0.6) is 0 Å². The van der Waals surface area contributed by atoms with Crippen LogP contribution in [0, 0.1) is 5.92 Å². The average molecular weight is 404 g/mol. The van der Waals surface area contributed by atoms with Gasteiger partial charge in [-0.1, -0.05) is 11.3 Å². The molecule has 1 aliphatic heterocycles. The van der Waals surface area contributed by atoms with Gasteiger partial charge in [0.1, 0.15) is 0 Å². The predicted molar refractivity (Wildman–Crippen MR) is 96.2 cm³/mol. The van der Waals surface area contributed by atoms with Gasteiger partial charge >= 0.3 is 6.18 Å². The van der Waals surface area contributed by atoms with E-state index in [2.05, 4.69) is 15.6 Å². The summed E-state index contributed by atoms with van der Waals surface area (Å²) in [6, 6.07) is 4.76. The summed E-state index contributed by atoms with van der Waals surface area (Å²) in [5.41, 5.74) is -0.435. The van der Waals surface area contributed by atoms with Crippen molar-refractivity contribution >= 4 is 18.3 Å². The molecule has 3 rings (SSSR count). The first-order valence-corrected chi connectivity index (χ1v) is 8.42. The van der Waals surface area contributed by atoms with Gasteiger partial charge in [0.2, 0.25) is 0 Å². The number of hydrogen-bond donors (Lipinski definition) is 1. The van der Waals surface area contributed by atoms with Crippen molar-refractivity contribution in [3.63, 3.8) is 0 Å². The van der Waals surface area contributed by atoms with Gasteiger partial charge in [0, 0.05) is 13.1 Å². The van der Waals surface area contributed by atoms with E-state index in [-0.39, 0.29) is 29.7 Å². The Bertz CT molecular complexity index is 778. The van der Waals surface area contributed by atoms with E-state index < -0.39 is 11.7 Å². The first-order chi connectivity index (χ1) is 12.4. The SMILES string of the molecule is CNCC1CCCN(C(=O)c2cn(-c3cccc(C(F)(F)F)c3)nn2)C1.Cl. The zero-order chi connectivity index (χ0) is 18.7. The molecule has 6 nitrogen and oxygen atoms in total. The van der Waals surface area contributed by atoms with E-state index >= 15 is 0 Å². The lowest BCUT2D eigenvalue weighted by atomic mass is 9.98. The largest absolute Gasteiger partial charge is 0.416 e. The third-order valence-electron chi connectivity index (χ3n) is 4.45. The molecule has 1 fully saturated rings. The molecule has 10 heteroatoms. The Balaban J connectivity index is 0.00000261. The summed E-state index contributed by atoms with van der Waals surface area (Å²) in [6.07, 6.45) is -1.09. The van der Waals surface area contributed by atoms with Crippen molar-refractivity contribution in [2.24, 2.45) is 5.92 Å². The molecule has 0 bridgehead atoms. The Morgan fingerprint density at radius 2 is 2.15 bits per heavy atom. The maximum Gasteiger partial charge on any atom is 0.416 e. The molecule has 1 aliphatic rings. The molecule has 0 radical (unpaired) electrons. The van der Waals surface area contributed by atoms with Gasteiger partial charge < -0.3 is 10.2 Å². The minimum atomic E-state index is -4.44. The van der Waals surface area contributed by atoms with Gasteiger partial charge in [-0.05, 0) is 50.6 Å². The number of halogens is 4. The summed E-state index contributed by atoms with van der Waals surface area (Å²) < 4.78 is 39.7. The van der Waals surface area contributed by atoms with Crippen LogP contribution >= 0.6 is 12.4 Å². The number of nitrogens with zero attached hydrogens (tertiary/aromatic N) is 4. The Hall–Kier alpha value is -2.13. The molecular formula is C17H21ClF3N5O. The molecule has 1 N–H and O–H groups in total. The maximum atomic E-state index is 12.8. The lowest BCUT2D eigenvalue weighted by Gasteiger charge is -2.32. The normalized spacial score (nSPS) is 17.5. The summed E-state index contributed by atoms with van der Waals surface area (Å²) in [5.74, 6) is 0.139. The minimum Gasteiger partial charge on any atom is -0.337 e. The van der Waals surface area contributed by atoms with Crippen molar-refractivity contribution in [2.45, 2.75) is 19.0 Å². The van der Waals surface area contributed by atoms with Gasteiger partial charge in [-0.3, -0.25) is 4.79 Å². The maximum absolute atomic E-state index is 12.8. The van der Waals surface area contributed by atoms with Crippen molar-refractivity contribution < 1.29 is 18.0 Å². The predicted octanol–water partition coefficient (Wildman–Crippen LogP) is 2.78. The quantitative estimate of drug-likeness (QED) is 0.852. The standard InChI is InChI=1S/C17H20F3N5O.ClH/c1-21-9-12-4-3-7-24(10-12)16(26)15-11-25(23-22-15)14-6-2-5-13(8-14)17(18,19)20;/h2,5-6,8,11-12,21H,3-4,7,9-10H2,1H3;1H. The summed E-state index contributed by atoms with van der Waals surface area (Å²) >= 11 is 0. The van der Waals surface area contributed by atoms with Crippen molar-refractivity contribution in [3.05, 3.63) is 41.7 Å². The third kappa shape index (κ3) is 4.98. The zero-order valence-corrected chi connectivity index (χ0v) is 15.6. The van der Waals surface area contributed by atoms with E-state index in [9.17, 15) is 18.0 Å². The molecule has 0 saturated carbocycles. The molecule has 27 heavy (non-hydrogen) atoms. The number of carbonyl (C=O) groups excluding carboxylic acids is 1. The molecule has 2 heterocycles. The van der Waals surface area contributed by atoms with Crippen molar-refractivity contribution in [3.8, 4) is 5.69 Å². The smallest absolute Gasteiger partial charge is 0.337 e. The van der Waals surface area contributed by atoms with Crippen LogP contribution in [0.15, 0.2) is 30.5 Å². The van der Waals surface area contributed by atoms with Crippen LogP contribution in [0.3, 0.4) is 0 Å².